The molecule has 2 heterocycles. The monoisotopic (exact) mass is 268 g/mol. The zero-order valence-corrected chi connectivity index (χ0v) is 11.5. The Morgan fingerprint density at radius 2 is 1.26 bits per heavy atom. The number of fused-ring (bicyclic) bond motifs is 3. The molecule has 0 saturated carbocycles. The van der Waals surface area contributed by atoms with Crippen molar-refractivity contribution >= 4 is 22.1 Å². The van der Waals surface area contributed by atoms with Crippen molar-refractivity contribution in [3.05, 3.63) is 46.2 Å². The van der Waals surface area contributed by atoms with E-state index in [1.807, 2.05) is 24.3 Å². The molecule has 0 saturated heterocycles. The zero-order chi connectivity index (χ0) is 13.0. The average molecular weight is 268 g/mol. The highest BCUT2D eigenvalue weighted by atomic mass is 32.1. The Bertz CT molecular complexity index is 737. The number of hydrogen-bond donors (Lipinski definition) is 0. The first kappa shape index (κ1) is 10.9. The van der Waals surface area contributed by atoms with E-state index in [0.717, 1.165) is 43.5 Å². The fraction of sp³-hybridized carbons (Fsp3) is 0.125. The van der Waals surface area contributed by atoms with Gasteiger partial charge in [-0.25, -0.2) is 0 Å². The van der Waals surface area contributed by atoms with Crippen LogP contribution in [0.15, 0.2) is 36.4 Å². The van der Waals surface area contributed by atoms with Crippen LogP contribution in [0.5, 0.6) is 23.0 Å². The van der Waals surface area contributed by atoms with Gasteiger partial charge in [-0.15, -0.1) is 11.3 Å². The number of hydrogen-bond acceptors (Lipinski definition) is 3. The summed E-state index contributed by atoms with van der Waals surface area (Å²) < 4.78 is 12.0. The molecule has 2 nitrogen and oxygen atoms in total. The van der Waals surface area contributed by atoms with Crippen molar-refractivity contribution in [1.82, 2.24) is 0 Å². The maximum atomic E-state index is 6.02. The normalized spacial score (nSPS) is 12.5. The molecule has 3 heteroatoms. The van der Waals surface area contributed by atoms with E-state index in [9.17, 15) is 0 Å². The molecule has 0 spiro atoms. The number of benzene rings is 2. The predicted molar refractivity (Wildman–Crippen MR) is 77.9 cm³/mol. The van der Waals surface area contributed by atoms with Gasteiger partial charge >= 0.3 is 0 Å². The molecule has 3 aromatic rings. The summed E-state index contributed by atoms with van der Waals surface area (Å²) in [6, 6.07) is 12.3. The topological polar surface area (TPSA) is 18.5 Å². The van der Waals surface area contributed by atoms with Crippen molar-refractivity contribution < 1.29 is 9.47 Å². The first-order chi connectivity index (χ1) is 9.22. The van der Waals surface area contributed by atoms with Crippen LogP contribution in [0.1, 0.15) is 9.75 Å². The second-order valence-electron chi connectivity index (χ2n) is 4.72. The smallest absolute Gasteiger partial charge is 0.184 e. The van der Waals surface area contributed by atoms with E-state index in [1.165, 1.54) is 0 Å². The molecule has 19 heavy (non-hydrogen) atoms. The molecule has 0 fully saturated rings. The SMILES string of the molecule is Cc1sc(C)c2c1Oc1cc3ccccc3cc1O2. The van der Waals surface area contributed by atoms with Gasteiger partial charge in [-0.05, 0) is 36.8 Å². The van der Waals surface area contributed by atoms with Gasteiger partial charge in [-0.2, -0.15) is 0 Å². The van der Waals surface area contributed by atoms with Gasteiger partial charge in [0.25, 0.3) is 0 Å². The molecule has 0 unspecified atom stereocenters. The molecule has 1 aliphatic rings. The molecule has 0 aliphatic carbocycles. The van der Waals surface area contributed by atoms with Crippen LogP contribution in [0.25, 0.3) is 10.8 Å². The lowest BCUT2D eigenvalue weighted by atomic mass is 10.1. The third kappa shape index (κ3) is 1.55. The number of thiophene rings is 1. The van der Waals surface area contributed by atoms with E-state index in [1.54, 1.807) is 11.3 Å². The maximum absolute atomic E-state index is 6.02. The number of ether oxygens (including phenoxy) is 2. The van der Waals surface area contributed by atoms with Crippen molar-refractivity contribution in [3.8, 4) is 23.0 Å². The standard InChI is InChI=1S/C16H12O2S/c1-9-15-16(10(2)19-9)18-14-8-12-6-4-3-5-11(12)7-13(14)17-15/h3-8H,1-2H3. The summed E-state index contributed by atoms with van der Waals surface area (Å²) in [6.07, 6.45) is 0. The van der Waals surface area contributed by atoms with E-state index >= 15 is 0 Å². The van der Waals surface area contributed by atoms with Crippen LogP contribution in [0.4, 0.5) is 0 Å². The lowest BCUT2D eigenvalue weighted by molar-refractivity contribution is 0.360. The maximum Gasteiger partial charge on any atom is 0.184 e. The largest absolute Gasteiger partial charge is 0.448 e. The molecular formula is C16H12O2S. The minimum absolute atomic E-state index is 0.798. The highest BCUT2D eigenvalue weighted by Crippen LogP contribution is 2.52. The van der Waals surface area contributed by atoms with Gasteiger partial charge < -0.3 is 9.47 Å². The first-order valence-corrected chi connectivity index (χ1v) is 7.02. The highest BCUT2D eigenvalue weighted by molar-refractivity contribution is 7.12. The van der Waals surface area contributed by atoms with E-state index in [4.69, 9.17) is 9.47 Å². The van der Waals surface area contributed by atoms with Crippen molar-refractivity contribution in [3.63, 3.8) is 0 Å². The Hall–Kier alpha value is -2.00. The van der Waals surface area contributed by atoms with Gasteiger partial charge in [0, 0.05) is 9.75 Å². The molecule has 0 N–H and O–H groups in total. The second kappa shape index (κ2) is 3.75. The van der Waals surface area contributed by atoms with Gasteiger partial charge in [0.2, 0.25) is 0 Å². The van der Waals surface area contributed by atoms with Gasteiger partial charge in [-0.3, -0.25) is 0 Å². The molecule has 0 bridgehead atoms. The third-order valence-electron chi connectivity index (χ3n) is 3.39. The summed E-state index contributed by atoms with van der Waals surface area (Å²) in [4.78, 5) is 2.32. The third-order valence-corrected chi connectivity index (χ3v) is 4.37. The van der Waals surface area contributed by atoms with E-state index in [2.05, 4.69) is 26.0 Å². The van der Waals surface area contributed by atoms with Crippen molar-refractivity contribution in [2.45, 2.75) is 13.8 Å². The van der Waals surface area contributed by atoms with Crippen molar-refractivity contribution in [2.75, 3.05) is 0 Å². The van der Waals surface area contributed by atoms with Crippen molar-refractivity contribution in [1.29, 1.82) is 0 Å². The van der Waals surface area contributed by atoms with Gasteiger partial charge in [0.15, 0.2) is 23.0 Å². The minimum Gasteiger partial charge on any atom is -0.448 e. The van der Waals surface area contributed by atoms with Gasteiger partial charge in [0.05, 0.1) is 0 Å². The molecular weight excluding hydrogens is 256 g/mol. The zero-order valence-electron chi connectivity index (χ0n) is 10.7. The van der Waals surface area contributed by atoms with Gasteiger partial charge in [0.1, 0.15) is 0 Å². The fourth-order valence-electron chi connectivity index (χ4n) is 2.46. The second-order valence-corrected chi connectivity index (χ2v) is 6.15. The number of rotatable bonds is 0. The van der Waals surface area contributed by atoms with E-state index < -0.39 is 0 Å². The van der Waals surface area contributed by atoms with Gasteiger partial charge in [-0.1, -0.05) is 24.3 Å². The Balaban J connectivity index is 1.93. The Morgan fingerprint density at radius 3 is 1.74 bits per heavy atom. The van der Waals surface area contributed by atoms with E-state index in [-0.39, 0.29) is 0 Å². The van der Waals surface area contributed by atoms with Crippen LogP contribution in [-0.4, -0.2) is 0 Å². The van der Waals surface area contributed by atoms with Crippen LogP contribution in [0.2, 0.25) is 0 Å². The Labute approximate surface area is 115 Å². The molecule has 0 atom stereocenters. The summed E-state index contributed by atoms with van der Waals surface area (Å²) in [5.41, 5.74) is 0. The van der Waals surface area contributed by atoms with Crippen LogP contribution in [0, 0.1) is 13.8 Å². The van der Waals surface area contributed by atoms with E-state index in [0.29, 0.717) is 0 Å². The van der Waals surface area contributed by atoms with Crippen LogP contribution >= 0.6 is 11.3 Å². The lowest BCUT2D eigenvalue weighted by Crippen LogP contribution is -1.98. The summed E-state index contributed by atoms with van der Waals surface area (Å²) in [7, 11) is 0. The summed E-state index contributed by atoms with van der Waals surface area (Å²) >= 11 is 1.71. The lowest BCUT2D eigenvalue weighted by Gasteiger charge is -2.19. The molecule has 4 rings (SSSR count). The highest BCUT2D eigenvalue weighted by Gasteiger charge is 2.25. The van der Waals surface area contributed by atoms with Crippen LogP contribution in [-0.2, 0) is 0 Å². The molecule has 1 aromatic heterocycles. The summed E-state index contributed by atoms with van der Waals surface area (Å²) in [6.45, 7) is 4.12. The predicted octanol–water partition coefficient (Wildman–Crippen LogP) is 5.42. The Kier molecular flexibility index (Phi) is 2.15. The Morgan fingerprint density at radius 1 is 0.789 bits per heavy atom. The summed E-state index contributed by atoms with van der Waals surface area (Å²) in [5.74, 6) is 3.33. The van der Waals surface area contributed by atoms with Crippen molar-refractivity contribution in [2.24, 2.45) is 0 Å². The number of aryl methyl sites for hydroxylation is 2. The quantitative estimate of drug-likeness (QED) is 0.424. The van der Waals surface area contributed by atoms with Crippen LogP contribution in [0.3, 0.4) is 0 Å². The first-order valence-electron chi connectivity index (χ1n) is 6.21. The molecule has 2 aromatic carbocycles. The minimum atomic E-state index is 0.798. The molecule has 94 valence electrons. The molecule has 1 aliphatic heterocycles. The molecule has 0 amide bonds. The summed E-state index contributed by atoms with van der Waals surface area (Å²) in [5, 5.41) is 2.33. The fourth-order valence-corrected chi connectivity index (χ4v) is 3.37. The molecule has 0 radical (unpaired) electrons. The average Bonchev–Trinajstić information content (AvgIpc) is 2.69. The van der Waals surface area contributed by atoms with Crippen LogP contribution < -0.4 is 9.47 Å².